The van der Waals surface area contributed by atoms with Crippen LogP contribution in [0.25, 0.3) is 0 Å². The fourth-order valence-corrected chi connectivity index (χ4v) is 2.71. The summed E-state index contributed by atoms with van der Waals surface area (Å²) in [6.45, 7) is 2.42. The van der Waals surface area contributed by atoms with Gasteiger partial charge >= 0.3 is 6.03 Å². The molecule has 0 aromatic heterocycles. The molecule has 1 atom stereocenters. The van der Waals surface area contributed by atoms with E-state index in [2.05, 4.69) is 26.6 Å². The van der Waals surface area contributed by atoms with Crippen LogP contribution in [0.2, 0.25) is 0 Å². The molecule has 4 nitrogen and oxygen atoms in total. The smallest absolute Gasteiger partial charge is 0.315 e. The zero-order valence-corrected chi connectivity index (χ0v) is 14.2. The Morgan fingerprint density at radius 1 is 1.18 bits per heavy atom. The lowest BCUT2D eigenvalue weighted by atomic mass is 10.1. The average molecular weight is 363 g/mol. The second-order valence-electron chi connectivity index (χ2n) is 4.92. The maximum Gasteiger partial charge on any atom is 0.315 e. The maximum atomic E-state index is 12.0. The highest BCUT2D eigenvalue weighted by molar-refractivity contribution is 9.10. The van der Waals surface area contributed by atoms with Gasteiger partial charge in [-0.05, 0) is 36.2 Å². The van der Waals surface area contributed by atoms with Crippen molar-refractivity contribution in [2.75, 3.05) is 7.11 Å². The van der Waals surface area contributed by atoms with Gasteiger partial charge in [-0.3, -0.25) is 0 Å². The van der Waals surface area contributed by atoms with Crippen LogP contribution in [0.5, 0.6) is 5.75 Å². The molecule has 0 aliphatic heterocycles. The lowest BCUT2D eigenvalue weighted by molar-refractivity contribution is 0.237. The molecular formula is C17H19BrN2O2. The lowest BCUT2D eigenvalue weighted by Gasteiger charge is -2.16. The van der Waals surface area contributed by atoms with Gasteiger partial charge in [0.05, 0.1) is 13.2 Å². The molecule has 2 aromatic rings. The molecule has 0 aliphatic carbocycles. The summed E-state index contributed by atoms with van der Waals surface area (Å²) in [5, 5.41) is 5.78. The van der Waals surface area contributed by atoms with E-state index in [4.69, 9.17) is 4.74 Å². The largest absolute Gasteiger partial charge is 0.497 e. The zero-order chi connectivity index (χ0) is 15.9. The molecule has 2 N–H and O–H groups in total. The van der Waals surface area contributed by atoms with Crippen LogP contribution in [0.15, 0.2) is 53.0 Å². The molecule has 22 heavy (non-hydrogen) atoms. The van der Waals surface area contributed by atoms with Crippen molar-refractivity contribution in [2.24, 2.45) is 0 Å². The first-order chi connectivity index (χ1) is 10.6. The van der Waals surface area contributed by atoms with Gasteiger partial charge in [0.1, 0.15) is 5.75 Å². The number of carbonyl (C=O) groups excluding carboxylic acids is 1. The first-order valence-corrected chi connectivity index (χ1v) is 7.81. The number of rotatable bonds is 5. The molecule has 5 heteroatoms. The van der Waals surface area contributed by atoms with Gasteiger partial charge < -0.3 is 15.4 Å². The van der Waals surface area contributed by atoms with Crippen molar-refractivity contribution < 1.29 is 9.53 Å². The van der Waals surface area contributed by atoms with Crippen LogP contribution < -0.4 is 15.4 Å². The second-order valence-corrected chi connectivity index (χ2v) is 5.77. The summed E-state index contributed by atoms with van der Waals surface area (Å²) >= 11 is 3.49. The Hall–Kier alpha value is -2.01. The molecular weight excluding hydrogens is 344 g/mol. The Morgan fingerprint density at radius 3 is 2.50 bits per heavy atom. The Balaban J connectivity index is 1.86. The number of benzene rings is 2. The van der Waals surface area contributed by atoms with Gasteiger partial charge in [-0.15, -0.1) is 0 Å². The van der Waals surface area contributed by atoms with Crippen LogP contribution in [-0.2, 0) is 6.54 Å². The van der Waals surface area contributed by atoms with E-state index in [1.54, 1.807) is 7.11 Å². The quantitative estimate of drug-likeness (QED) is 0.843. The lowest BCUT2D eigenvalue weighted by Crippen LogP contribution is -2.36. The van der Waals surface area contributed by atoms with Crippen LogP contribution in [0, 0.1) is 0 Å². The van der Waals surface area contributed by atoms with Crippen molar-refractivity contribution in [3.63, 3.8) is 0 Å². The standard InChI is InChI=1S/C17H19BrN2O2/c1-12(15-5-3-4-6-16(15)18)20-17(21)19-11-13-7-9-14(22-2)10-8-13/h3-10,12H,11H2,1-2H3,(H2,19,20,21). The number of urea groups is 1. The SMILES string of the molecule is COc1ccc(CNC(=O)NC(C)c2ccccc2Br)cc1. The van der Waals surface area contributed by atoms with E-state index in [0.717, 1.165) is 21.3 Å². The molecule has 2 aromatic carbocycles. The first kappa shape index (κ1) is 16.4. The molecule has 2 rings (SSSR count). The van der Waals surface area contributed by atoms with Crippen LogP contribution in [0.4, 0.5) is 4.79 Å². The Bertz CT molecular complexity index is 629. The van der Waals surface area contributed by atoms with Gasteiger partial charge in [0.25, 0.3) is 0 Å². The molecule has 1 unspecified atom stereocenters. The monoisotopic (exact) mass is 362 g/mol. The number of halogens is 1. The predicted molar refractivity (Wildman–Crippen MR) is 90.9 cm³/mol. The Morgan fingerprint density at radius 2 is 1.86 bits per heavy atom. The zero-order valence-electron chi connectivity index (χ0n) is 12.6. The third-order valence-electron chi connectivity index (χ3n) is 3.33. The molecule has 0 spiro atoms. The fraction of sp³-hybridized carbons (Fsp3) is 0.235. The van der Waals surface area contributed by atoms with E-state index in [1.807, 2.05) is 55.5 Å². The number of amides is 2. The van der Waals surface area contributed by atoms with Gasteiger partial charge in [-0.1, -0.05) is 46.3 Å². The Kier molecular flexibility index (Phi) is 5.83. The van der Waals surface area contributed by atoms with Gasteiger partial charge in [0, 0.05) is 11.0 Å². The highest BCUT2D eigenvalue weighted by atomic mass is 79.9. The molecule has 0 bridgehead atoms. The number of ether oxygens (including phenoxy) is 1. The van der Waals surface area contributed by atoms with Gasteiger partial charge in [0.2, 0.25) is 0 Å². The van der Waals surface area contributed by atoms with Crippen LogP contribution in [0.3, 0.4) is 0 Å². The van der Waals surface area contributed by atoms with E-state index < -0.39 is 0 Å². The van der Waals surface area contributed by atoms with Crippen molar-refractivity contribution in [3.05, 3.63) is 64.1 Å². The third kappa shape index (κ3) is 4.49. The first-order valence-electron chi connectivity index (χ1n) is 7.02. The summed E-state index contributed by atoms with van der Waals surface area (Å²) in [6, 6.07) is 15.2. The maximum absolute atomic E-state index is 12.0. The Labute approximate surface area is 139 Å². The molecule has 0 saturated carbocycles. The van der Waals surface area contributed by atoms with E-state index in [0.29, 0.717) is 6.54 Å². The summed E-state index contributed by atoms with van der Waals surface area (Å²) in [5.41, 5.74) is 2.06. The summed E-state index contributed by atoms with van der Waals surface area (Å²) in [4.78, 5) is 12.0. The van der Waals surface area contributed by atoms with Crippen molar-refractivity contribution >= 4 is 22.0 Å². The van der Waals surface area contributed by atoms with Crippen molar-refractivity contribution in [1.82, 2.24) is 10.6 Å². The highest BCUT2D eigenvalue weighted by Gasteiger charge is 2.11. The number of hydrogen-bond acceptors (Lipinski definition) is 2. The summed E-state index contributed by atoms with van der Waals surface area (Å²) in [7, 11) is 1.63. The van der Waals surface area contributed by atoms with Crippen LogP contribution in [-0.4, -0.2) is 13.1 Å². The fourth-order valence-electron chi connectivity index (χ4n) is 2.08. The average Bonchev–Trinajstić information content (AvgIpc) is 2.53. The molecule has 0 fully saturated rings. The molecule has 0 saturated heterocycles. The molecule has 0 aliphatic rings. The minimum atomic E-state index is -0.195. The van der Waals surface area contributed by atoms with Gasteiger partial charge in [-0.2, -0.15) is 0 Å². The topological polar surface area (TPSA) is 50.4 Å². The van der Waals surface area contributed by atoms with E-state index in [-0.39, 0.29) is 12.1 Å². The number of nitrogens with one attached hydrogen (secondary N) is 2. The minimum absolute atomic E-state index is 0.0774. The molecule has 0 heterocycles. The number of carbonyl (C=O) groups is 1. The normalized spacial score (nSPS) is 11.6. The van der Waals surface area contributed by atoms with Crippen LogP contribution >= 0.6 is 15.9 Å². The van der Waals surface area contributed by atoms with E-state index in [1.165, 1.54) is 0 Å². The third-order valence-corrected chi connectivity index (χ3v) is 4.05. The molecule has 2 amide bonds. The summed E-state index contributed by atoms with van der Waals surface area (Å²) in [5.74, 6) is 0.802. The molecule has 116 valence electrons. The van der Waals surface area contributed by atoms with Crippen molar-refractivity contribution in [1.29, 1.82) is 0 Å². The second kappa shape index (κ2) is 7.84. The summed E-state index contributed by atoms with van der Waals surface area (Å²) < 4.78 is 6.09. The van der Waals surface area contributed by atoms with Crippen molar-refractivity contribution in [3.8, 4) is 5.75 Å². The van der Waals surface area contributed by atoms with E-state index in [9.17, 15) is 4.79 Å². The van der Waals surface area contributed by atoms with Crippen LogP contribution in [0.1, 0.15) is 24.1 Å². The van der Waals surface area contributed by atoms with E-state index >= 15 is 0 Å². The summed E-state index contributed by atoms with van der Waals surface area (Å²) in [6.07, 6.45) is 0. The number of hydrogen-bond donors (Lipinski definition) is 2. The predicted octanol–water partition coefficient (Wildman–Crippen LogP) is 4.02. The molecule has 0 radical (unpaired) electrons. The minimum Gasteiger partial charge on any atom is -0.497 e. The van der Waals surface area contributed by atoms with Gasteiger partial charge in [0.15, 0.2) is 0 Å². The van der Waals surface area contributed by atoms with Crippen molar-refractivity contribution in [2.45, 2.75) is 19.5 Å². The highest BCUT2D eigenvalue weighted by Crippen LogP contribution is 2.22. The number of methoxy groups -OCH3 is 1. The van der Waals surface area contributed by atoms with Gasteiger partial charge in [-0.25, -0.2) is 4.79 Å².